The normalized spacial score (nSPS) is 10.0. The van der Waals surface area contributed by atoms with Gasteiger partial charge in [0.1, 0.15) is 0 Å². The van der Waals surface area contributed by atoms with Crippen molar-refractivity contribution in [1.82, 2.24) is 5.32 Å². The third kappa shape index (κ3) is 4.68. The summed E-state index contributed by atoms with van der Waals surface area (Å²) in [6, 6.07) is 11.8. The molecule has 0 aliphatic rings. The Kier molecular flexibility index (Phi) is 5.58. The van der Waals surface area contributed by atoms with E-state index in [0.717, 1.165) is 4.47 Å². The van der Waals surface area contributed by atoms with Gasteiger partial charge in [-0.25, -0.2) is 0 Å². The third-order valence-corrected chi connectivity index (χ3v) is 4.20. The van der Waals surface area contributed by atoms with Crippen LogP contribution in [0.1, 0.15) is 10.4 Å². The minimum Gasteiger partial charge on any atom is -0.332 e. The van der Waals surface area contributed by atoms with E-state index in [4.69, 9.17) is 35.4 Å². The second-order valence-corrected chi connectivity index (χ2v) is 6.15. The van der Waals surface area contributed by atoms with Crippen LogP contribution in [0.15, 0.2) is 46.9 Å². The minimum atomic E-state index is -0.313. The van der Waals surface area contributed by atoms with E-state index in [1.54, 1.807) is 42.5 Å². The van der Waals surface area contributed by atoms with Crippen LogP contribution < -0.4 is 10.6 Å². The highest BCUT2D eigenvalue weighted by Crippen LogP contribution is 2.25. The lowest BCUT2D eigenvalue weighted by molar-refractivity contribution is 0.0978. The van der Waals surface area contributed by atoms with Gasteiger partial charge in [-0.3, -0.25) is 10.1 Å². The Bertz CT molecular complexity index is 692. The largest absolute Gasteiger partial charge is 0.332 e. The quantitative estimate of drug-likeness (QED) is 0.702. The fraction of sp³-hybridized carbons (Fsp3) is 0. The first-order valence-corrected chi connectivity index (χ1v) is 7.74. The lowest BCUT2D eigenvalue weighted by Crippen LogP contribution is -2.34. The maximum Gasteiger partial charge on any atom is 0.257 e. The molecular weight excluding hydrogens is 395 g/mol. The number of carbonyl (C=O) groups is 1. The molecule has 0 spiro atoms. The van der Waals surface area contributed by atoms with Gasteiger partial charge in [-0.1, -0.05) is 23.2 Å². The molecule has 0 heterocycles. The van der Waals surface area contributed by atoms with Crippen molar-refractivity contribution in [1.29, 1.82) is 0 Å². The number of thiocarbonyl (C=S) groups is 1. The summed E-state index contributed by atoms with van der Waals surface area (Å²) < 4.78 is 0.783. The van der Waals surface area contributed by atoms with E-state index < -0.39 is 0 Å². The van der Waals surface area contributed by atoms with Crippen molar-refractivity contribution in [3.05, 3.63) is 62.5 Å². The Hall–Kier alpha value is -1.14. The van der Waals surface area contributed by atoms with Crippen LogP contribution in [0.4, 0.5) is 5.69 Å². The van der Waals surface area contributed by atoms with Crippen LogP contribution in [0.5, 0.6) is 0 Å². The van der Waals surface area contributed by atoms with E-state index in [0.29, 0.717) is 21.3 Å². The molecule has 0 aromatic heterocycles. The molecule has 2 rings (SSSR count). The molecule has 0 saturated carbocycles. The van der Waals surface area contributed by atoms with Gasteiger partial charge in [0.05, 0.1) is 5.02 Å². The standard InChI is InChI=1S/C14H9BrCl2N2OS/c15-11-6-5-10(7-12(11)17)18-14(21)19-13(20)8-1-3-9(16)4-2-8/h1-7H,(H2,18,19,20,21). The molecule has 0 bridgehead atoms. The number of rotatable bonds is 2. The van der Waals surface area contributed by atoms with Gasteiger partial charge in [-0.2, -0.15) is 0 Å². The van der Waals surface area contributed by atoms with E-state index in [9.17, 15) is 4.79 Å². The minimum absolute atomic E-state index is 0.188. The fourth-order valence-corrected chi connectivity index (χ4v) is 2.28. The van der Waals surface area contributed by atoms with Crippen molar-refractivity contribution in [2.24, 2.45) is 0 Å². The fourth-order valence-electron chi connectivity index (χ4n) is 1.51. The monoisotopic (exact) mass is 402 g/mol. The number of nitrogens with one attached hydrogen (secondary N) is 2. The van der Waals surface area contributed by atoms with Gasteiger partial charge in [0, 0.05) is 20.7 Å². The van der Waals surface area contributed by atoms with Gasteiger partial charge in [0.25, 0.3) is 5.91 Å². The van der Waals surface area contributed by atoms with Crippen molar-refractivity contribution in [2.45, 2.75) is 0 Å². The maximum atomic E-state index is 12.0. The Morgan fingerprint density at radius 3 is 2.38 bits per heavy atom. The van der Waals surface area contributed by atoms with Crippen LogP contribution in [0.25, 0.3) is 0 Å². The predicted molar refractivity (Wildman–Crippen MR) is 94.3 cm³/mol. The van der Waals surface area contributed by atoms with Gasteiger partial charge in [-0.15, -0.1) is 0 Å². The lowest BCUT2D eigenvalue weighted by Gasteiger charge is -2.10. The Balaban J connectivity index is 1.99. The smallest absolute Gasteiger partial charge is 0.257 e. The number of halogens is 3. The van der Waals surface area contributed by atoms with Crippen molar-refractivity contribution in [3.63, 3.8) is 0 Å². The molecule has 2 aromatic rings. The summed E-state index contributed by atoms with van der Waals surface area (Å²) in [7, 11) is 0. The average Bonchev–Trinajstić information content (AvgIpc) is 2.43. The van der Waals surface area contributed by atoms with Crippen molar-refractivity contribution >= 4 is 68.1 Å². The van der Waals surface area contributed by atoms with Crippen LogP contribution in [-0.2, 0) is 0 Å². The topological polar surface area (TPSA) is 41.1 Å². The van der Waals surface area contributed by atoms with E-state index >= 15 is 0 Å². The van der Waals surface area contributed by atoms with Gasteiger partial charge >= 0.3 is 0 Å². The summed E-state index contributed by atoms with van der Waals surface area (Å²) in [5.74, 6) is -0.313. The summed E-state index contributed by atoms with van der Waals surface area (Å²) in [5, 5.41) is 6.77. The molecule has 0 atom stereocenters. The van der Waals surface area contributed by atoms with E-state index in [1.807, 2.05) is 0 Å². The number of amides is 1. The molecule has 2 aromatic carbocycles. The summed E-state index contributed by atoms with van der Waals surface area (Å²) in [4.78, 5) is 12.0. The average molecular weight is 404 g/mol. The third-order valence-electron chi connectivity index (χ3n) is 2.51. The van der Waals surface area contributed by atoms with Crippen LogP contribution in [0, 0.1) is 0 Å². The maximum absolute atomic E-state index is 12.0. The summed E-state index contributed by atoms with van der Waals surface area (Å²) in [6.45, 7) is 0. The first-order chi connectivity index (χ1) is 9.95. The van der Waals surface area contributed by atoms with Crippen LogP contribution in [0.3, 0.4) is 0 Å². The van der Waals surface area contributed by atoms with Gasteiger partial charge in [0.2, 0.25) is 0 Å². The molecule has 1 amide bonds. The molecule has 3 nitrogen and oxygen atoms in total. The molecule has 0 saturated heterocycles. The highest BCUT2D eigenvalue weighted by Gasteiger charge is 2.08. The van der Waals surface area contributed by atoms with Crippen molar-refractivity contribution in [3.8, 4) is 0 Å². The molecule has 0 aliphatic carbocycles. The number of hydrogen-bond donors (Lipinski definition) is 2. The predicted octanol–water partition coefficient (Wildman–Crippen LogP) is 4.88. The number of hydrogen-bond acceptors (Lipinski definition) is 2. The van der Waals surface area contributed by atoms with Crippen molar-refractivity contribution in [2.75, 3.05) is 5.32 Å². The summed E-state index contributed by atoms with van der Waals surface area (Å²) in [5.41, 5.74) is 1.15. The lowest BCUT2D eigenvalue weighted by atomic mass is 10.2. The van der Waals surface area contributed by atoms with E-state index in [2.05, 4.69) is 26.6 Å². The molecule has 21 heavy (non-hydrogen) atoms. The summed E-state index contributed by atoms with van der Waals surface area (Å²) >= 11 is 20.1. The first-order valence-electron chi connectivity index (χ1n) is 5.78. The molecule has 108 valence electrons. The Morgan fingerprint density at radius 2 is 1.76 bits per heavy atom. The number of carbonyl (C=O) groups excluding carboxylic acids is 1. The summed E-state index contributed by atoms with van der Waals surface area (Å²) in [6.07, 6.45) is 0. The SMILES string of the molecule is O=C(NC(=S)Nc1ccc(Br)c(Cl)c1)c1ccc(Cl)cc1. The van der Waals surface area contributed by atoms with Crippen molar-refractivity contribution < 1.29 is 4.79 Å². The molecule has 0 radical (unpaired) electrons. The van der Waals surface area contributed by atoms with E-state index in [-0.39, 0.29) is 11.0 Å². The number of anilines is 1. The highest BCUT2D eigenvalue weighted by atomic mass is 79.9. The van der Waals surface area contributed by atoms with Crippen LogP contribution in [-0.4, -0.2) is 11.0 Å². The zero-order valence-electron chi connectivity index (χ0n) is 10.5. The molecule has 0 fully saturated rings. The Labute approximate surface area is 145 Å². The van der Waals surface area contributed by atoms with Crippen LogP contribution >= 0.6 is 51.3 Å². The second-order valence-electron chi connectivity index (χ2n) is 4.04. The molecule has 0 aliphatic heterocycles. The van der Waals surface area contributed by atoms with Crippen LogP contribution in [0.2, 0.25) is 10.0 Å². The molecular formula is C14H9BrCl2N2OS. The van der Waals surface area contributed by atoms with Gasteiger partial charge in [-0.05, 0) is 70.6 Å². The zero-order chi connectivity index (χ0) is 15.4. The first kappa shape index (κ1) is 16.2. The second kappa shape index (κ2) is 7.22. The van der Waals surface area contributed by atoms with Gasteiger partial charge < -0.3 is 5.32 Å². The zero-order valence-corrected chi connectivity index (χ0v) is 14.4. The Morgan fingerprint density at radius 1 is 1.10 bits per heavy atom. The molecule has 7 heteroatoms. The molecule has 2 N–H and O–H groups in total. The highest BCUT2D eigenvalue weighted by molar-refractivity contribution is 9.10. The number of benzene rings is 2. The van der Waals surface area contributed by atoms with Gasteiger partial charge in [0.15, 0.2) is 5.11 Å². The van der Waals surface area contributed by atoms with E-state index in [1.165, 1.54) is 0 Å². The molecule has 0 unspecified atom stereocenters.